The Morgan fingerprint density at radius 1 is 1.33 bits per heavy atom. The third-order valence-electron chi connectivity index (χ3n) is 2.75. The number of amides is 3. The molecule has 0 spiro atoms. The maximum Gasteiger partial charge on any atom is 0.355 e. The van der Waals surface area contributed by atoms with Crippen molar-refractivity contribution in [1.29, 1.82) is 0 Å². The third kappa shape index (κ3) is 5.38. The number of carboxylic acids is 1. The molecule has 114 valence electrons. The zero-order valence-corrected chi connectivity index (χ0v) is 12.0. The molecule has 0 radical (unpaired) electrons. The van der Waals surface area contributed by atoms with Gasteiger partial charge in [-0.15, -0.1) is 11.3 Å². The molecule has 1 saturated carbocycles. The molecule has 1 aromatic rings. The van der Waals surface area contributed by atoms with Crippen LogP contribution in [0.2, 0.25) is 0 Å². The SMILES string of the molecule is O=C(CCNC(=O)NCc1nc(C(=O)O)cs1)NC1CC1. The van der Waals surface area contributed by atoms with Gasteiger partial charge in [0, 0.05) is 24.4 Å². The van der Waals surface area contributed by atoms with Crippen molar-refractivity contribution in [2.24, 2.45) is 0 Å². The van der Waals surface area contributed by atoms with Gasteiger partial charge in [0.15, 0.2) is 5.69 Å². The second kappa shape index (κ2) is 7.02. The first-order valence-corrected chi connectivity index (χ1v) is 7.41. The Hall–Kier alpha value is -2.16. The predicted octanol–water partition coefficient (Wildman–Crippen LogP) is 0.309. The van der Waals surface area contributed by atoms with Crippen molar-refractivity contribution in [2.45, 2.75) is 31.8 Å². The molecular weight excluding hydrogens is 296 g/mol. The summed E-state index contributed by atoms with van der Waals surface area (Å²) in [5.74, 6) is -1.16. The van der Waals surface area contributed by atoms with E-state index in [2.05, 4.69) is 20.9 Å². The third-order valence-corrected chi connectivity index (χ3v) is 3.60. The molecule has 0 aromatic carbocycles. The van der Waals surface area contributed by atoms with Crippen molar-refractivity contribution in [3.8, 4) is 0 Å². The number of carbonyl (C=O) groups is 3. The maximum absolute atomic E-state index is 11.5. The highest BCUT2D eigenvalue weighted by atomic mass is 32.1. The van der Waals surface area contributed by atoms with Gasteiger partial charge in [-0.05, 0) is 12.8 Å². The molecule has 0 unspecified atom stereocenters. The van der Waals surface area contributed by atoms with Gasteiger partial charge in [0.25, 0.3) is 0 Å². The number of aromatic nitrogens is 1. The van der Waals surface area contributed by atoms with Gasteiger partial charge in [0.05, 0.1) is 6.54 Å². The van der Waals surface area contributed by atoms with Crippen LogP contribution in [0, 0.1) is 0 Å². The molecule has 2 rings (SSSR count). The standard InChI is InChI=1S/C12H16N4O4S/c17-9(15-7-1-2-7)3-4-13-12(20)14-5-10-16-8(6-21-10)11(18)19/h6-7H,1-5H2,(H,15,17)(H,18,19)(H2,13,14,20). The molecule has 0 atom stereocenters. The lowest BCUT2D eigenvalue weighted by Crippen LogP contribution is -2.37. The van der Waals surface area contributed by atoms with Gasteiger partial charge in [-0.1, -0.05) is 0 Å². The first kappa shape index (κ1) is 15.2. The molecule has 1 fully saturated rings. The van der Waals surface area contributed by atoms with E-state index in [1.54, 1.807) is 0 Å². The minimum Gasteiger partial charge on any atom is -0.476 e. The van der Waals surface area contributed by atoms with Gasteiger partial charge >= 0.3 is 12.0 Å². The average molecular weight is 312 g/mol. The van der Waals surface area contributed by atoms with Crippen LogP contribution in [0.3, 0.4) is 0 Å². The van der Waals surface area contributed by atoms with E-state index in [0.717, 1.165) is 24.2 Å². The smallest absolute Gasteiger partial charge is 0.355 e. The summed E-state index contributed by atoms with van der Waals surface area (Å²) in [5.41, 5.74) is -0.0334. The van der Waals surface area contributed by atoms with Crippen LogP contribution in [0.25, 0.3) is 0 Å². The molecule has 1 heterocycles. The van der Waals surface area contributed by atoms with E-state index in [-0.39, 0.29) is 31.1 Å². The first-order chi connectivity index (χ1) is 10.0. The molecule has 1 aliphatic rings. The van der Waals surface area contributed by atoms with E-state index in [0.29, 0.717) is 11.0 Å². The van der Waals surface area contributed by atoms with Crippen LogP contribution in [0.5, 0.6) is 0 Å². The summed E-state index contributed by atoms with van der Waals surface area (Å²) >= 11 is 1.16. The molecule has 0 aliphatic heterocycles. The van der Waals surface area contributed by atoms with Gasteiger partial charge in [-0.3, -0.25) is 4.79 Å². The van der Waals surface area contributed by atoms with Crippen molar-refractivity contribution >= 4 is 29.2 Å². The Balaban J connectivity index is 1.60. The van der Waals surface area contributed by atoms with Crippen molar-refractivity contribution < 1.29 is 19.5 Å². The number of hydrogen-bond acceptors (Lipinski definition) is 5. The molecule has 9 heteroatoms. The van der Waals surface area contributed by atoms with E-state index in [9.17, 15) is 14.4 Å². The van der Waals surface area contributed by atoms with Gasteiger partial charge in [0.2, 0.25) is 5.91 Å². The molecule has 4 N–H and O–H groups in total. The average Bonchev–Trinajstić information content (AvgIpc) is 3.10. The summed E-state index contributed by atoms with van der Waals surface area (Å²) in [6.07, 6.45) is 2.31. The first-order valence-electron chi connectivity index (χ1n) is 6.53. The van der Waals surface area contributed by atoms with E-state index in [1.807, 2.05) is 0 Å². The number of hydrogen-bond donors (Lipinski definition) is 4. The molecule has 1 aliphatic carbocycles. The minimum atomic E-state index is -1.09. The second-order valence-corrected chi connectivity index (χ2v) is 5.58. The lowest BCUT2D eigenvalue weighted by Gasteiger charge is -2.06. The number of thiazole rings is 1. The summed E-state index contributed by atoms with van der Waals surface area (Å²) in [7, 11) is 0. The van der Waals surface area contributed by atoms with Crippen LogP contribution < -0.4 is 16.0 Å². The zero-order valence-electron chi connectivity index (χ0n) is 11.2. The summed E-state index contributed by atoms with van der Waals surface area (Å²) in [6, 6.07) is -0.0963. The second-order valence-electron chi connectivity index (χ2n) is 4.63. The Morgan fingerprint density at radius 3 is 2.71 bits per heavy atom. The van der Waals surface area contributed by atoms with Gasteiger partial charge in [-0.2, -0.15) is 0 Å². The number of carboxylic acid groups (broad SMARTS) is 1. The zero-order chi connectivity index (χ0) is 15.2. The fourth-order valence-electron chi connectivity index (χ4n) is 1.53. The predicted molar refractivity (Wildman–Crippen MR) is 75.1 cm³/mol. The molecule has 0 bridgehead atoms. The molecule has 21 heavy (non-hydrogen) atoms. The molecule has 1 aromatic heterocycles. The van der Waals surface area contributed by atoms with Gasteiger partial charge in [0.1, 0.15) is 5.01 Å². The molecule has 0 saturated heterocycles. The van der Waals surface area contributed by atoms with Crippen LogP contribution in [-0.2, 0) is 11.3 Å². The van der Waals surface area contributed by atoms with Crippen LogP contribution in [0.15, 0.2) is 5.38 Å². The van der Waals surface area contributed by atoms with Crippen molar-refractivity contribution in [1.82, 2.24) is 20.9 Å². The van der Waals surface area contributed by atoms with Crippen molar-refractivity contribution in [3.63, 3.8) is 0 Å². The highest BCUT2D eigenvalue weighted by Gasteiger charge is 2.22. The quantitative estimate of drug-likeness (QED) is 0.577. The summed E-state index contributed by atoms with van der Waals surface area (Å²) in [6.45, 7) is 0.403. The summed E-state index contributed by atoms with van der Waals surface area (Å²) in [4.78, 5) is 37.3. The molecule has 8 nitrogen and oxygen atoms in total. The van der Waals surface area contributed by atoms with Crippen molar-refractivity contribution in [3.05, 3.63) is 16.1 Å². The van der Waals surface area contributed by atoms with Gasteiger partial charge in [-0.25, -0.2) is 14.6 Å². The Bertz CT molecular complexity index is 541. The Morgan fingerprint density at radius 2 is 2.10 bits per heavy atom. The highest BCUT2D eigenvalue weighted by Crippen LogP contribution is 2.18. The van der Waals surface area contributed by atoms with E-state index >= 15 is 0 Å². The van der Waals surface area contributed by atoms with Crippen molar-refractivity contribution in [2.75, 3.05) is 6.54 Å². The largest absolute Gasteiger partial charge is 0.476 e. The lowest BCUT2D eigenvalue weighted by molar-refractivity contribution is -0.121. The highest BCUT2D eigenvalue weighted by molar-refractivity contribution is 7.09. The number of urea groups is 1. The Labute approximate surface area is 124 Å². The van der Waals surface area contributed by atoms with Crippen LogP contribution >= 0.6 is 11.3 Å². The number of nitrogens with zero attached hydrogens (tertiary/aromatic N) is 1. The number of nitrogens with one attached hydrogen (secondary N) is 3. The van der Waals surface area contributed by atoms with Crippen LogP contribution in [0.4, 0.5) is 4.79 Å². The fourth-order valence-corrected chi connectivity index (χ4v) is 2.23. The van der Waals surface area contributed by atoms with Crippen LogP contribution in [0.1, 0.15) is 34.8 Å². The topological polar surface area (TPSA) is 120 Å². The monoisotopic (exact) mass is 312 g/mol. The van der Waals surface area contributed by atoms with E-state index in [1.165, 1.54) is 5.38 Å². The number of aromatic carboxylic acids is 1. The number of carbonyl (C=O) groups excluding carboxylic acids is 2. The minimum absolute atomic E-state index is 0.0334. The Kier molecular flexibility index (Phi) is 5.09. The number of rotatable bonds is 7. The van der Waals surface area contributed by atoms with E-state index in [4.69, 9.17) is 5.11 Å². The molecule has 3 amide bonds. The molecular formula is C12H16N4O4S. The normalized spacial score (nSPS) is 13.5. The van der Waals surface area contributed by atoms with Gasteiger partial charge < -0.3 is 21.1 Å². The summed E-state index contributed by atoms with van der Waals surface area (Å²) < 4.78 is 0. The maximum atomic E-state index is 11.5. The lowest BCUT2D eigenvalue weighted by atomic mass is 10.4. The van der Waals surface area contributed by atoms with E-state index < -0.39 is 12.0 Å². The fraction of sp³-hybridized carbons (Fsp3) is 0.500. The van der Waals surface area contributed by atoms with Crippen LogP contribution in [-0.4, -0.2) is 40.6 Å². The summed E-state index contributed by atoms with van der Waals surface area (Å²) in [5, 5.41) is 18.6.